The minimum absolute atomic E-state index is 0.0281. The van der Waals surface area contributed by atoms with Crippen molar-refractivity contribution in [1.29, 1.82) is 0 Å². The van der Waals surface area contributed by atoms with Gasteiger partial charge in [0, 0.05) is 33.6 Å². The molecule has 0 radical (unpaired) electrons. The van der Waals surface area contributed by atoms with Gasteiger partial charge in [-0.25, -0.2) is 35.7 Å². The average molecular weight is 571 g/mol. The number of nitrogens with two attached hydrogens (primary N) is 1. The molecule has 4 N–H and O–H groups in total. The van der Waals surface area contributed by atoms with E-state index < -0.39 is 48.7 Å². The summed E-state index contributed by atoms with van der Waals surface area (Å²) in [6, 6.07) is 13.9. The van der Waals surface area contributed by atoms with Crippen molar-refractivity contribution in [3.05, 3.63) is 89.6 Å². The Morgan fingerprint density at radius 1 is 0.949 bits per heavy atom. The SMILES string of the molecule is CCS(=O)(=O)Nc1ccc(F)c(C(=O)c2ccc3[nH]c4ncc(-c5ccc(S(N)(=O)=O)cc5)cc4c3c2)c1F. The van der Waals surface area contributed by atoms with Crippen LogP contribution in [0.4, 0.5) is 14.5 Å². The Morgan fingerprint density at radius 2 is 1.67 bits per heavy atom. The topological polar surface area (TPSA) is 152 Å². The van der Waals surface area contributed by atoms with Crippen molar-refractivity contribution in [2.24, 2.45) is 5.14 Å². The van der Waals surface area contributed by atoms with Gasteiger partial charge in [0.15, 0.2) is 11.6 Å². The zero-order chi connectivity index (χ0) is 28.1. The van der Waals surface area contributed by atoms with Gasteiger partial charge in [0.1, 0.15) is 11.5 Å². The molecule has 5 rings (SSSR count). The van der Waals surface area contributed by atoms with Crippen LogP contribution in [0.15, 0.2) is 71.8 Å². The minimum atomic E-state index is -3.87. The number of hydrogen-bond donors (Lipinski definition) is 3. The highest BCUT2D eigenvalue weighted by molar-refractivity contribution is 7.92. The average Bonchev–Trinajstić information content (AvgIpc) is 3.27. The molecule has 0 aliphatic rings. The number of primary sulfonamides is 1. The van der Waals surface area contributed by atoms with E-state index in [1.54, 1.807) is 30.5 Å². The van der Waals surface area contributed by atoms with E-state index in [0.29, 0.717) is 33.1 Å². The molecule has 0 saturated carbocycles. The van der Waals surface area contributed by atoms with E-state index in [9.17, 15) is 26.0 Å². The number of aromatic amines is 1. The van der Waals surface area contributed by atoms with Gasteiger partial charge in [-0.2, -0.15) is 0 Å². The Kier molecular flexibility index (Phi) is 6.45. The molecule has 3 aromatic carbocycles. The van der Waals surface area contributed by atoms with Crippen molar-refractivity contribution in [2.45, 2.75) is 11.8 Å². The van der Waals surface area contributed by atoms with Gasteiger partial charge in [-0.15, -0.1) is 0 Å². The predicted octanol–water partition coefficient (Wildman–Crippen LogP) is 4.30. The molecular weight excluding hydrogens is 550 g/mol. The van der Waals surface area contributed by atoms with Gasteiger partial charge in [0.2, 0.25) is 20.0 Å². The summed E-state index contributed by atoms with van der Waals surface area (Å²) >= 11 is 0. The highest BCUT2D eigenvalue weighted by Gasteiger charge is 2.24. The standard InChI is InChI=1S/C26H20F2N4O5S2/c1-2-38(34,35)32-22-10-8-20(27)23(24(22)28)25(33)15-5-9-21-18(11-15)19-12-16(13-30-26(19)31-21)14-3-6-17(7-4-14)39(29,36)37/h3-13,32H,2H2,1H3,(H,30,31)(H2,29,36,37). The van der Waals surface area contributed by atoms with Crippen LogP contribution in [-0.4, -0.2) is 38.3 Å². The van der Waals surface area contributed by atoms with Crippen molar-refractivity contribution >= 4 is 53.5 Å². The molecule has 39 heavy (non-hydrogen) atoms. The second-order valence-electron chi connectivity index (χ2n) is 8.69. The number of rotatable bonds is 7. The van der Waals surface area contributed by atoms with Gasteiger partial charge < -0.3 is 4.98 Å². The Hall–Kier alpha value is -4.20. The molecule has 0 saturated heterocycles. The summed E-state index contributed by atoms with van der Waals surface area (Å²) in [5.41, 5.74) is 0.966. The molecule has 13 heteroatoms. The number of anilines is 1. The summed E-state index contributed by atoms with van der Waals surface area (Å²) in [6.45, 7) is 1.35. The molecule has 9 nitrogen and oxygen atoms in total. The lowest BCUT2D eigenvalue weighted by molar-refractivity contribution is 0.103. The zero-order valence-electron chi connectivity index (χ0n) is 20.2. The van der Waals surface area contributed by atoms with E-state index in [4.69, 9.17) is 5.14 Å². The monoisotopic (exact) mass is 570 g/mol. The van der Waals surface area contributed by atoms with Crippen molar-refractivity contribution in [1.82, 2.24) is 9.97 Å². The van der Waals surface area contributed by atoms with Crippen LogP contribution in [0.1, 0.15) is 22.8 Å². The Morgan fingerprint density at radius 3 is 2.33 bits per heavy atom. The molecule has 0 spiro atoms. The number of carbonyl (C=O) groups is 1. The third-order valence-electron chi connectivity index (χ3n) is 6.19. The van der Waals surface area contributed by atoms with Crippen LogP contribution in [0.3, 0.4) is 0 Å². The quantitative estimate of drug-likeness (QED) is 0.248. The number of aromatic nitrogens is 2. The second-order valence-corrected chi connectivity index (χ2v) is 12.3. The number of H-pyrrole nitrogens is 1. The lowest BCUT2D eigenvalue weighted by atomic mass is 9.99. The normalized spacial score (nSPS) is 12.2. The molecule has 0 bridgehead atoms. The van der Waals surface area contributed by atoms with Gasteiger partial charge in [-0.05, 0) is 61.0 Å². The van der Waals surface area contributed by atoms with Gasteiger partial charge >= 0.3 is 0 Å². The lowest BCUT2D eigenvalue weighted by Gasteiger charge is -2.11. The highest BCUT2D eigenvalue weighted by Crippen LogP contribution is 2.31. The number of sulfonamides is 2. The van der Waals surface area contributed by atoms with Crippen LogP contribution >= 0.6 is 0 Å². The summed E-state index contributed by atoms with van der Waals surface area (Å²) < 4.78 is 78.7. The number of halogens is 2. The van der Waals surface area contributed by atoms with Crippen molar-refractivity contribution in [3.8, 4) is 11.1 Å². The number of ketones is 1. The summed E-state index contributed by atoms with van der Waals surface area (Å²) in [6.07, 6.45) is 1.59. The van der Waals surface area contributed by atoms with Crippen molar-refractivity contribution < 1.29 is 30.4 Å². The first kappa shape index (κ1) is 26.4. The predicted molar refractivity (Wildman–Crippen MR) is 143 cm³/mol. The third kappa shape index (κ3) is 4.99. The zero-order valence-corrected chi connectivity index (χ0v) is 21.8. The molecule has 5 aromatic rings. The summed E-state index contributed by atoms with van der Waals surface area (Å²) in [5.74, 6) is -3.76. The molecule has 0 amide bonds. The first-order chi connectivity index (χ1) is 18.4. The number of nitrogens with one attached hydrogen (secondary N) is 2. The maximum absolute atomic E-state index is 15.1. The maximum atomic E-state index is 15.1. The smallest absolute Gasteiger partial charge is 0.238 e. The van der Waals surface area contributed by atoms with Crippen LogP contribution in [0.2, 0.25) is 0 Å². The van der Waals surface area contributed by atoms with Crippen LogP contribution < -0.4 is 9.86 Å². The first-order valence-corrected chi connectivity index (χ1v) is 14.7. The maximum Gasteiger partial charge on any atom is 0.238 e. The van der Waals surface area contributed by atoms with Crippen LogP contribution in [0.5, 0.6) is 0 Å². The fourth-order valence-corrected chi connectivity index (χ4v) is 5.29. The molecule has 0 fully saturated rings. The molecule has 0 aliphatic heterocycles. The van der Waals surface area contributed by atoms with Gasteiger partial charge in [0.25, 0.3) is 0 Å². The van der Waals surface area contributed by atoms with E-state index in [0.717, 1.165) is 12.1 Å². The van der Waals surface area contributed by atoms with Gasteiger partial charge in [-0.3, -0.25) is 9.52 Å². The largest absolute Gasteiger partial charge is 0.339 e. The molecule has 200 valence electrons. The fraction of sp³-hybridized carbons (Fsp3) is 0.0769. The third-order valence-corrected chi connectivity index (χ3v) is 8.41. The van der Waals surface area contributed by atoms with E-state index in [-0.39, 0.29) is 16.2 Å². The molecule has 2 heterocycles. The molecule has 2 aromatic heterocycles. The number of pyridine rings is 1. The van der Waals surface area contributed by atoms with Crippen LogP contribution in [0, 0.1) is 11.6 Å². The Labute approximate surface area is 221 Å². The molecular formula is C26H20F2N4O5S2. The van der Waals surface area contributed by atoms with E-state index >= 15 is 4.39 Å². The van der Waals surface area contributed by atoms with Crippen LogP contribution in [0.25, 0.3) is 33.1 Å². The van der Waals surface area contributed by atoms with Gasteiger partial charge in [0.05, 0.1) is 21.9 Å². The van der Waals surface area contributed by atoms with E-state index in [1.165, 1.54) is 31.2 Å². The first-order valence-electron chi connectivity index (χ1n) is 11.5. The number of fused-ring (bicyclic) bond motifs is 3. The Balaban J connectivity index is 1.58. The van der Waals surface area contributed by atoms with E-state index in [2.05, 4.69) is 9.97 Å². The number of hydrogen-bond acceptors (Lipinski definition) is 6. The fourth-order valence-electron chi connectivity index (χ4n) is 4.13. The van der Waals surface area contributed by atoms with E-state index in [1.807, 2.05) is 4.72 Å². The van der Waals surface area contributed by atoms with Crippen LogP contribution in [-0.2, 0) is 20.0 Å². The number of benzene rings is 3. The molecule has 0 unspecified atom stereocenters. The summed E-state index contributed by atoms with van der Waals surface area (Å²) in [5, 5.41) is 6.32. The summed E-state index contributed by atoms with van der Waals surface area (Å²) in [4.78, 5) is 20.7. The molecule has 0 atom stereocenters. The molecule has 0 aliphatic carbocycles. The Bertz CT molecular complexity index is 2010. The number of carbonyl (C=O) groups excluding carboxylic acids is 1. The lowest BCUT2D eigenvalue weighted by Crippen LogP contribution is -2.17. The second kappa shape index (κ2) is 9.52. The highest BCUT2D eigenvalue weighted by atomic mass is 32.2. The summed E-state index contributed by atoms with van der Waals surface area (Å²) in [7, 11) is -7.72. The van der Waals surface area contributed by atoms with Crippen molar-refractivity contribution in [3.63, 3.8) is 0 Å². The number of nitrogens with zero attached hydrogens (tertiary/aromatic N) is 1. The van der Waals surface area contributed by atoms with Gasteiger partial charge in [-0.1, -0.05) is 12.1 Å². The van der Waals surface area contributed by atoms with Crippen molar-refractivity contribution in [2.75, 3.05) is 10.5 Å². The minimum Gasteiger partial charge on any atom is -0.339 e.